The smallest absolute Gasteiger partial charge is 0.205 e. The zero-order valence-electron chi connectivity index (χ0n) is 14.1. The third-order valence-electron chi connectivity index (χ3n) is 3.82. The molecule has 0 spiro atoms. The molecule has 0 aliphatic carbocycles. The van der Waals surface area contributed by atoms with Crippen molar-refractivity contribution in [3.63, 3.8) is 0 Å². The summed E-state index contributed by atoms with van der Waals surface area (Å²) in [5, 5.41) is 4.85. The van der Waals surface area contributed by atoms with E-state index in [0.29, 0.717) is 0 Å². The number of nitrogens with one attached hydrogen (secondary N) is 1. The lowest BCUT2D eigenvalue weighted by molar-refractivity contribution is 0.575. The minimum absolute atomic E-state index is 0.216. The lowest BCUT2D eigenvalue weighted by Crippen LogP contribution is -2.32. The predicted molar refractivity (Wildman–Crippen MR) is 106 cm³/mol. The van der Waals surface area contributed by atoms with E-state index >= 15 is 0 Å². The molecule has 0 aromatic heterocycles. The summed E-state index contributed by atoms with van der Waals surface area (Å²) in [6, 6.07) is 28.7. The molecule has 0 heterocycles. The first-order valence-corrected chi connectivity index (χ1v) is 9.95. The van der Waals surface area contributed by atoms with E-state index in [0.717, 1.165) is 16.2 Å². The van der Waals surface area contributed by atoms with E-state index in [9.17, 15) is 4.57 Å². The van der Waals surface area contributed by atoms with Crippen LogP contribution in [-0.4, -0.2) is 6.04 Å². The first kappa shape index (κ1) is 17.2. The molecule has 0 saturated carbocycles. The Morgan fingerprint density at radius 2 is 1.20 bits per heavy atom. The summed E-state index contributed by atoms with van der Waals surface area (Å²) in [6.07, 6.45) is 0. The van der Waals surface area contributed by atoms with E-state index in [4.69, 9.17) is 0 Å². The monoisotopic (exact) mass is 345 g/mol. The van der Waals surface area contributed by atoms with Gasteiger partial charge in [-0.2, -0.15) is 0 Å². The second kappa shape index (κ2) is 7.99. The summed E-state index contributed by atoms with van der Waals surface area (Å²) in [4.78, 5) is 0. The average Bonchev–Trinajstić information content (AvgIpc) is 2.68. The van der Waals surface area contributed by atoms with Gasteiger partial charge in [0, 0.05) is 16.2 Å². The highest BCUT2D eigenvalue weighted by Gasteiger charge is 2.28. The Kier molecular flexibility index (Phi) is 5.51. The van der Waals surface area contributed by atoms with Gasteiger partial charge in [-0.05, 0) is 43.3 Å². The van der Waals surface area contributed by atoms with Crippen molar-refractivity contribution in [3.8, 4) is 11.8 Å². The fourth-order valence-electron chi connectivity index (χ4n) is 2.59. The van der Waals surface area contributed by atoms with Crippen LogP contribution in [0, 0.1) is 11.8 Å². The van der Waals surface area contributed by atoms with Gasteiger partial charge in [0.25, 0.3) is 0 Å². The molecule has 3 aromatic rings. The lowest BCUT2D eigenvalue weighted by Gasteiger charge is -2.22. The van der Waals surface area contributed by atoms with E-state index in [2.05, 4.69) is 16.9 Å². The maximum Gasteiger partial charge on any atom is 0.205 e. The highest BCUT2D eigenvalue weighted by atomic mass is 31.2. The van der Waals surface area contributed by atoms with Gasteiger partial charge in [-0.3, -0.25) is 4.57 Å². The molecule has 0 aliphatic heterocycles. The SMILES string of the molecule is CC(C#Cc1ccccc1)NP(=O)(c1ccccc1)c1ccccc1. The number of hydrogen-bond acceptors (Lipinski definition) is 1. The van der Waals surface area contributed by atoms with Crippen molar-refractivity contribution in [2.75, 3.05) is 0 Å². The Morgan fingerprint density at radius 1 is 0.760 bits per heavy atom. The van der Waals surface area contributed by atoms with Crippen molar-refractivity contribution in [1.29, 1.82) is 0 Å². The molecule has 0 amide bonds. The molecule has 0 aliphatic rings. The van der Waals surface area contributed by atoms with Gasteiger partial charge in [-0.25, -0.2) is 5.09 Å². The summed E-state index contributed by atoms with van der Waals surface area (Å²) in [7, 11) is -2.95. The third-order valence-corrected chi connectivity index (χ3v) is 6.62. The molecular weight excluding hydrogens is 325 g/mol. The van der Waals surface area contributed by atoms with Crippen LogP contribution in [0.1, 0.15) is 12.5 Å². The second-order valence-electron chi connectivity index (χ2n) is 5.77. The van der Waals surface area contributed by atoms with Crippen LogP contribution < -0.4 is 15.7 Å². The lowest BCUT2D eigenvalue weighted by atomic mass is 10.2. The van der Waals surface area contributed by atoms with Crippen LogP contribution in [0.2, 0.25) is 0 Å². The highest BCUT2D eigenvalue weighted by Crippen LogP contribution is 2.39. The standard InChI is InChI=1S/C22H20NOP/c1-19(17-18-20-11-5-2-6-12-20)23-25(24,21-13-7-3-8-14-21)22-15-9-4-10-16-22/h2-16,19H,1H3,(H,23,24). The molecule has 0 bridgehead atoms. The molecule has 25 heavy (non-hydrogen) atoms. The molecule has 0 radical (unpaired) electrons. The molecule has 2 nitrogen and oxygen atoms in total. The maximum atomic E-state index is 13.9. The average molecular weight is 345 g/mol. The fourth-order valence-corrected chi connectivity index (χ4v) is 4.98. The quantitative estimate of drug-likeness (QED) is 0.573. The zero-order chi connectivity index (χ0) is 17.5. The van der Waals surface area contributed by atoms with Gasteiger partial charge in [-0.15, -0.1) is 0 Å². The maximum absolute atomic E-state index is 13.9. The van der Waals surface area contributed by atoms with Crippen LogP contribution in [0.4, 0.5) is 0 Å². The molecule has 0 saturated heterocycles. The minimum Gasteiger partial charge on any atom is -0.296 e. The van der Waals surface area contributed by atoms with Crippen LogP contribution in [0.25, 0.3) is 0 Å². The van der Waals surface area contributed by atoms with Crippen LogP contribution in [0.3, 0.4) is 0 Å². The summed E-state index contributed by atoms with van der Waals surface area (Å²) in [5.74, 6) is 6.30. The van der Waals surface area contributed by atoms with E-state index in [1.54, 1.807) is 0 Å². The van der Waals surface area contributed by atoms with Crippen molar-refractivity contribution in [1.82, 2.24) is 5.09 Å². The van der Waals surface area contributed by atoms with Crippen LogP contribution in [0.5, 0.6) is 0 Å². The zero-order valence-corrected chi connectivity index (χ0v) is 15.0. The van der Waals surface area contributed by atoms with E-state index in [1.807, 2.05) is 97.9 Å². The van der Waals surface area contributed by atoms with E-state index < -0.39 is 7.29 Å². The molecule has 124 valence electrons. The van der Waals surface area contributed by atoms with Crippen molar-refractivity contribution >= 4 is 17.9 Å². The van der Waals surface area contributed by atoms with Crippen LogP contribution in [0.15, 0.2) is 91.0 Å². The highest BCUT2D eigenvalue weighted by molar-refractivity contribution is 7.76. The number of benzene rings is 3. The van der Waals surface area contributed by atoms with Gasteiger partial charge in [0.15, 0.2) is 0 Å². The van der Waals surface area contributed by atoms with Gasteiger partial charge < -0.3 is 0 Å². The van der Waals surface area contributed by atoms with Crippen molar-refractivity contribution < 1.29 is 4.57 Å². The molecule has 1 N–H and O–H groups in total. The number of hydrogen-bond donors (Lipinski definition) is 1. The normalized spacial score (nSPS) is 12.0. The first-order chi connectivity index (χ1) is 12.2. The summed E-state index contributed by atoms with van der Waals surface area (Å²) in [6.45, 7) is 1.94. The largest absolute Gasteiger partial charge is 0.296 e. The topological polar surface area (TPSA) is 29.1 Å². The Balaban J connectivity index is 1.92. The van der Waals surface area contributed by atoms with Gasteiger partial charge in [0.2, 0.25) is 7.29 Å². The molecule has 3 rings (SSSR count). The molecular formula is C22H20NOP. The van der Waals surface area contributed by atoms with E-state index in [1.165, 1.54) is 0 Å². The first-order valence-electron chi connectivity index (χ1n) is 8.24. The molecule has 3 heteroatoms. The van der Waals surface area contributed by atoms with Crippen LogP contribution in [-0.2, 0) is 4.57 Å². The summed E-state index contributed by atoms with van der Waals surface area (Å²) >= 11 is 0. The Morgan fingerprint density at radius 3 is 1.68 bits per heavy atom. The second-order valence-corrected chi connectivity index (χ2v) is 8.28. The van der Waals surface area contributed by atoms with Gasteiger partial charge in [0.1, 0.15) is 0 Å². The summed E-state index contributed by atoms with van der Waals surface area (Å²) < 4.78 is 13.9. The van der Waals surface area contributed by atoms with Gasteiger partial charge in [-0.1, -0.05) is 66.4 Å². The van der Waals surface area contributed by atoms with Crippen molar-refractivity contribution in [2.45, 2.75) is 13.0 Å². The Bertz CT molecular complexity index is 868. The van der Waals surface area contributed by atoms with Crippen molar-refractivity contribution in [2.24, 2.45) is 0 Å². The predicted octanol–water partition coefficient (Wildman–Crippen LogP) is 3.95. The molecule has 0 fully saturated rings. The Labute approximate surface area is 149 Å². The van der Waals surface area contributed by atoms with E-state index in [-0.39, 0.29) is 6.04 Å². The third kappa shape index (κ3) is 4.28. The summed E-state index contributed by atoms with van der Waals surface area (Å²) in [5.41, 5.74) is 0.949. The van der Waals surface area contributed by atoms with Crippen molar-refractivity contribution in [3.05, 3.63) is 96.6 Å². The molecule has 3 aromatic carbocycles. The molecule has 1 unspecified atom stereocenters. The minimum atomic E-state index is -2.95. The fraction of sp³-hybridized carbons (Fsp3) is 0.0909. The molecule has 1 atom stereocenters. The number of rotatable bonds is 4. The van der Waals surface area contributed by atoms with Gasteiger partial charge >= 0.3 is 0 Å². The van der Waals surface area contributed by atoms with Gasteiger partial charge in [0.05, 0.1) is 6.04 Å². The van der Waals surface area contributed by atoms with Crippen LogP contribution >= 0.6 is 7.29 Å². The Hall–Kier alpha value is -2.59.